The molecule has 5 heteroatoms. The van der Waals surface area contributed by atoms with Crippen LogP contribution in [0, 0.1) is 0 Å². The van der Waals surface area contributed by atoms with E-state index in [0.717, 1.165) is 16.5 Å². The van der Waals surface area contributed by atoms with Crippen LogP contribution in [-0.4, -0.2) is 21.0 Å². The standard InChI is InChI=1S/C15H13N3O2.C2H6/c19-15(20)12-5-6-16-9-13(12)18-8-11-3-1-2-10-4-7-17-14(10)11;1-2/h1-7,9,17-18H,8H2,(H,19,20);1-2H3. The number of hydrogen-bond donors (Lipinski definition) is 3. The minimum absolute atomic E-state index is 0.221. The Hall–Kier alpha value is -2.82. The van der Waals surface area contributed by atoms with E-state index in [9.17, 15) is 4.79 Å². The van der Waals surface area contributed by atoms with Gasteiger partial charge in [-0.2, -0.15) is 0 Å². The summed E-state index contributed by atoms with van der Waals surface area (Å²) >= 11 is 0. The molecule has 1 aromatic carbocycles. The first kappa shape index (κ1) is 15.6. The fourth-order valence-electron chi connectivity index (χ4n) is 2.21. The van der Waals surface area contributed by atoms with Gasteiger partial charge < -0.3 is 15.4 Å². The molecule has 0 unspecified atom stereocenters. The third-order valence-corrected chi connectivity index (χ3v) is 3.19. The molecule has 0 aliphatic rings. The second-order valence-electron chi connectivity index (χ2n) is 4.44. The molecule has 0 spiro atoms. The topological polar surface area (TPSA) is 78.0 Å². The van der Waals surface area contributed by atoms with Gasteiger partial charge in [-0.25, -0.2) is 4.79 Å². The van der Waals surface area contributed by atoms with Gasteiger partial charge in [0.1, 0.15) is 0 Å². The Kier molecular flexibility index (Phi) is 5.14. The third-order valence-electron chi connectivity index (χ3n) is 3.19. The Labute approximate surface area is 129 Å². The van der Waals surface area contributed by atoms with E-state index >= 15 is 0 Å². The molecule has 0 radical (unpaired) electrons. The predicted molar refractivity (Wildman–Crippen MR) is 88.2 cm³/mol. The zero-order chi connectivity index (χ0) is 15.9. The van der Waals surface area contributed by atoms with Gasteiger partial charge >= 0.3 is 5.97 Å². The first-order valence-corrected chi connectivity index (χ1v) is 7.22. The van der Waals surface area contributed by atoms with Gasteiger partial charge in [-0.15, -0.1) is 0 Å². The van der Waals surface area contributed by atoms with Gasteiger partial charge in [-0.05, 0) is 23.1 Å². The molecule has 0 aliphatic carbocycles. The fraction of sp³-hybridized carbons (Fsp3) is 0.176. The number of fused-ring (bicyclic) bond motifs is 1. The number of benzene rings is 1. The summed E-state index contributed by atoms with van der Waals surface area (Å²) in [5, 5.41) is 13.4. The quantitative estimate of drug-likeness (QED) is 0.682. The molecule has 3 rings (SSSR count). The van der Waals surface area contributed by atoms with E-state index < -0.39 is 5.97 Å². The van der Waals surface area contributed by atoms with Gasteiger partial charge in [0.05, 0.1) is 23.0 Å². The van der Waals surface area contributed by atoms with Crippen molar-refractivity contribution >= 4 is 22.6 Å². The van der Waals surface area contributed by atoms with Crippen LogP contribution in [0.5, 0.6) is 0 Å². The van der Waals surface area contributed by atoms with Gasteiger partial charge in [0.2, 0.25) is 0 Å². The molecule has 3 aromatic rings. The Balaban J connectivity index is 0.000000847. The van der Waals surface area contributed by atoms with Crippen LogP contribution in [0.1, 0.15) is 29.8 Å². The highest BCUT2D eigenvalue weighted by Gasteiger charge is 2.09. The molecule has 0 atom stereocenters. The maximum Gasteiger partial charge on any atom is 0.337 e. The van der Waals surface area contributed by atoms with Crippen LogP contribution in [0.4, 0.5) is 5.69 Å². The van der Waals surface area contributed by atoms with Crippen molar-refractivity contribution in [3.63, 3.8) is 0 Å². The number of H-pyrrole nitrogens is 1. The van der Waals surface area contributed by atoms with Gasteiger partial charge in [-0.1, -0.05) is 32.0 Å². The summed E-state index contributed by atoms with van der Waals surface area (Å²) in [6.45, 7) is 4.53. The minimum Gasteiger partial charge on any atom is -0.478 e. The van der Waals surface area contributed by atoms with Crippen LogP contribution in [0.25, 0.3) is 10.9 Å². The number of nitrogens with zero attached hydrogens (tertiary/aromatic N) is 1. The fourth-order valence-corrected chi connectivity index (χ4v) is 2.21. The Morgan fingerprint density at radius 1 is 1.27 bits per heavy atom. The Morgan fingerprint density at radius 2 is 2.09 bits per heavy atom. The summed E-state index contributed by atoms with van der Waals surface area (Å²) in [5.41, 5.74) is 2.87. The lowest BCUT2D eigenvalue weighted by molar-refractivity contribution is 0.0698. The van der Waals surface area contributed by atoms with E-state index in [2.05, 4.69) is 15.3 Å². The number of nitrogens with one attached hydrogen (secondary N) is 2. The first-order valence-electron chi connectivity index (χ1n) is 7.22. The SMILES string of the molecule is CC.O=C(O)c1ccncc1NCc1cccc2cc[nH]c12. The molecule has 2 aromatic heterocycles. The van der Waals surface area contributed by atoms with E-state index in [1.165, 1.54) is 18.5 Å². The van der Waals surface area contributed by atoms with Crippen molar-refractivity contribution in [2.24, 2.45) is 0 Å². The van der Waals surface area contributed by atoms with Crippen molar-refractivity contribution in [3.05, 3.63) is 60.0 Å². The van der Waals surface area contributed by atoms with Crippen molar-refractivity contribution in [3.8, 4) is 0 Å². The number of carboxylic acids is 1. The second-order valence-corrected chi connectivity index (χ2v) is 4.44. The van der Waals surface area contributed by atoms with Crippen molar-refractivity contribution in [2.75, 3.05) is 5.32 Å². The number of hydrogen-bond acceptors (Lipinski definition) is 3. The third kappa shape index (κ3) is 3.25. The highest BCUT2D eigenvalue weighted by Crippen LogP contribution is 2.19. The molecule has 22 heavy (non-hydrogen) atoms. The monoisotopic (exact) mass is 297 g/mol. The number of aromatic amines is 1. The number of aromatic nitrogens is 2. The Morgan fingerprint density at radius 3 is 2.86 bits per heavy atom. The van der Waals surface area contributed by atoms with E-state index in [1.807, 2.05) is 44.3 Å². The second kappa shape index (κ2) is 7.26. The highest BCUT2D eigenvalue weighted by molar-refractivity contribution is 5.94. The van der Waals surface area contributed by atoms with Gasteiger partial charge in [0, 0.05) is 18.9 Å². The average Bonchev–Trinajstić information content (AvgIpc) is 3.04. The average molecular weight is 297 g/mol. The van der Waals surface area contributed by atoms with Crippen LogP contribution >= 0.6 is 0 Å². The summed E-state index contributed by atoms with van der Waals surface area (Å²) < 4.78 is 0. The van der Waals surface area contributed by atoms with Gasteiger partial charge in [0.15, 0.2) is 0 Å². The predicted octanol–water partition coefficient (Wildman–Crippen LogP) is 3.90. The maximum atomic E-state index is 11.1. The molecule has 3 N–H and O–H groups in total. The number of rotatable bonds is 4. The summed E-state index contributed by atoms with van der Waals surface area (Å²) in [4.78, 5) is 18.3. The number of carboxylic acid groups (broad SMARTS) is 1. The molecule has 0 bridgehead atoms. The normalized spacial score (nSPS) is 9.91. The number of pyridine rings is 1. The Bertz CT molecular complexity index is 765. The smallest absolute Gasteiger partial charge is 0.337 e. The van der Waals surface area contributed by atoms with Crippen LogP contribution in [-0.2, 0) is 6.54 Å². The first-order chi connectivity index (χ1) is 10.8. The molecule has 0 saturated carbocycles. The molecular weight excluding hydrogens is 278 g/mol. The van der Waals surface area contributed by atoms with Crippen LogP contribution in [0.15, 0.2) is 48.9 Å². The van der Waals surface area contributed by atoms with Crippen molar-refractivity contribution in [1.82, 2.24) is 9.97 Å². The molecule has 2 heterocycles. The number of aromatic carboxylic acids is 1. The molecule has 0 amide bonds. The zero-order valence-corrected chi connectivity index (χ0v) is 12.6. The van der Waals surface area contributed by atoms with Gasteiger partial charge in [0.25, 0.3) is 0 Å². The summed E-state index contributed by atoms with van der Waals surface area (Å²) in [6.07, 6.45) is 4.89. The minimum atomic E-state index is -0.965. The van der Waals surface area contributed by atoms with Crippen molar-refractivity contribution in [2.45, 2.75) is 20.4 Å². The van der Waals surface area contributed by atoms with Crippen LogP contribution in [0.2, 0.25) is 0 Å². The molecule has 0 saturated heterocycles. The number of para-hydroxylation sites is 1. The lowest BCUT2D eigenvalue weighted by Gasteiger charge is -2.09. The molecule has 0 fully saturated rings. The maximum absolute atomic E-state index is 11.1. The summed E-state index contributed by atoms with van der Waals surface area (Å²) in [5.74, 6) is -0.965. The number of carbonyl (C=O) groups is 1. The number of anilines is 1. The van der Waals surface area contributed by atoms with Crippen molar-refractivity contribution < 1.29 is 9.90 Å². The summed E-state index contributed by atoms with van der Waals surface area (Å²) in [6, 6.07) is 9.50. The van der Waals surface area contributed by atoms with Gasteiger partial charge in [-0.3, -0.25) is 4.98 Å². The zero-order valence-electron chi connectivity index (χ0n) is 12.6. The molecule has 0 aliphatic heterocycles. The van der Waals surface area contributed by atoms with Crippen LogP contribution < -0.4 is 5.32 Å². The highest BCUT2D eigenvalue weighted by atomic mass is 16.4. The largest absolute Gasteiger partial charge is 0.478 e. The lowest BCUT2D eigenvalue weighted by Crippen LogP contribution is -2.07. The summed E-state index contributed by atoms with van der Waals surface area (Å²) in [7, 11) is 0. The molecule has 5 nitrogen and oxygen atoms in total. The van der Waals surface area contributed by atoms with E-state index in [1.54, 1.807) is 0 Å². The van der Waals surface area contributed by atoms with E-state index in [0.29, 0.717) is 12.2 Å². The molecular formula is C17H19N3O2. The molecule has 114 valence electrons. The van der Waals surface area contributed by atoms with E-state index in [-0.39, 0.29) is 5.56 Å². The lowest BCUT2D eigenvalue weighted by atomic mass is 10.1. The van der Waals surface area contributed by atoms with E-state index in [4.69, 9.17) is 5.11 Å². The van der Waals surface area contributed by atoms with Crippen molar-refractivity contribution in [1.29, 1.82) is 0 Å². The van der Waals surface area contributed by atoms with Crippen LogP contribution in [0.3, 0.4) is 0 Å².